The first-order chi connectivity index (χ1) is 9.37. The normalized spacial score (nSPS) is 28.0. The summed E-state index contributed by atoms with van der Waals surface area (Å²) in [6.45, 7) is 12.8. The molecular weight excluding hydrogens is 262 g/mol. The first-order valence-corrected chi connectivity index (χ1v) is 9.08. The predicted octanol–water partition coefficient (Wildman–Crippen LogP) is 5.29. The Morgan fingerprint density at radius 1 is 1.30 bits per heavy atom. The van der Waals surface area contributed by atoms with Crippen LogP contribution in [-0.2, 0) is 0 Å². The minimum absolute atomic E-state index is 0.230. The second-order valence-electron chi connectivity index (χ2n) is 7.87. The van der Waals surface area contributed by atoms with E-state index in [0.29, 0.717) is 0 Å². The largest absolute Gasteiger partial charge is 0.312 e. The average molecular weight is 294 g/mol. The highest BCUT2D eigenvalue weighted by atomic mass is 32.1. The molecule has 1 aromatic heterocycles. The fraction of sp³-hybridized carbons (Fsp3) is 0.778. The Bertz CT molecular complexity index is 388. The van der Waals surface area contributed by atoms with Crippen LogP contribution in [0.25, 0.3) is 0 Å². The van der Waals surface area contributed by atoms with Gasteiger partial charge in [0.25, 0.3) is 0 Å². The Balaban J connectivity index is 2.06. The van der Waals surface area contributed by atoms with E-state index in [1.165, 1.54) is 19.3 Å². The van der Waals surface area contributed by atoms with Crippen molar-refractivity contribution in [3.63, 3.8) is 0 Å². The molecule has 0 radical (unpaired) electrons. The van der Waals surface area contributed by atoms with Crippen LogP contribution in [-0.4, -0.2) is 12.1 Å². The Kier molecular flexibility index (Phi) is 5.30. The van der Waals surface area contributed by atoms with Gasteiger partial charge in [-0.2, -0.15) is 11.3 Å². The lowest BCUT2D eigenvalue weighted by atomic mass is 9.68. The van der Waals surface area contributed by atoms with Crippen LogP contribution in [0.2, 0.25) is 0 Å². The summed E-state index contributed by atoms with van der Waals surface area (Å²) in [6.07, 6.45) is 4.17. The predicted molar refractivity (Wildman–Crippen MR) is 90.5 cm³/mol. The molecule has 2 heteroatoms. The van der Waals surface area contributed by atoms with Gasteiger partial charge in [-0.05, 0) is 92.6 Å². The third-order valence-corrected chi connectivity index (χ3v) is 5.54. The maximum Gasteiger partial charge on any atom is 0.00966 e. The summed E-state index contributed by atoms with van der Waals surface area (Å²) in [6, 6.07) is 2.35. The van der Waals surface area contributed by atoms with Gasteiger partial charge in [-0.3, -0.25) is 0 Å². The van der Waals surface area contributed by atoms with Crippen LogP contribution in [0.1, 0.15) is 65.4 Å². The van der Waals surface area contributed by atoms with E-state index in [4.69, 9.17) is 0 Å². The monoisotopic (exact) mass is 293 g/mol. The third-order valence-electron chi connectivity index (χ3n) is 4.84. The van der Waals surface area contributed by atoms with Crippen molar-refractivity contribution in [3.8, 4) is 0 Å². The Morgan fingerprint density at radius 3 is 2.60 bits per heavy atom. The summed E-state index contributed by atoms with van der Waals surface area (Å²) in [5, 5.41) is 8.34. The second-order valence-corrected chi connectivity index (χ2v) is 8.65. The van der Waals surface area contributed by atoms with Crippen molar-refractivity contribution in [2.75, 3.05) is 6.54 Å². The minimum atomic E-state index is 0.230. The second kappa shape index (κ2) is 6.62. The van der Waals surface area contributed by atoms with Gasteiger partial charge in [0, 0.05) is 5.54 Å². The summed E-state index contributed by atoms with van der Waals surface area (Å²) in [7, 11) is 0. The van der Waals surface area contributed by atoms with E-state index in [2.05, 4.69) is 56.8 Å². The summed E-state index contributed by atoms with van der Waals surface area (Å²) >= 11 is 1.85. The fourth-order valence-electron chi connectivity index (χ4n) is 3.45. The molecule has 0 aromatic carbocycles. The van der Waals surface area contributed by atoms with E-state index in [-0.39, 0.29) is 5.54 Å². The van der Waals surface area contributed by atoms with Gasteiger partial charge in [0.05, 0.1) is 0 Å². The van der Waals surface area contributed by atoms with Crippen LogP contribution >= 0.6 is 11.3 Å². The van der Waals surface area contributed by atoms with Gasteiger partial charge in [-0.1, -0.05) is 13.8 Å². The van der Waals surface area contributed by atoms with Gasteiger partial charge in [0.15, 0.2) is 0 Å². The molecule has 0 bridgehead atoms. The number of nitrogens with one attached hydrogen (secondary N) is 1. The SMILES string of the molecule is CC(C)C1CCC(CNC(C)(C)C)C(c2ccsc2)C1. The van der Waals surface area contributed by atoms with Crippen LogP contribution in [0.4, 0.5) is 0 Å². The van der Waals surface area contributed by atoms with Gasteiger partial charge in [-0.25, -0.2) is 0 Å². The Morgan fingerprint density at radius 2 is 2.05 bits per heavy atom. The molecular formula is C18H31NS. The first kappa shape index (κ1) is 16.0. The van der Waals surface area contributed by atoms with Crippen LogP contribution in [0.15, 0.2) is 16.8 Å². The molecule has 1 heterocycles. The zero-order valence-corrected chi connectivity index (χ0v) is 14.6. The van der Waals surface area contributed by atoms with E-state index in [9.17, 15) is 0 Å². The minimum Gasteiger partial charge on any atom is -0.312 e. The van der Waals surface area contributed by atoms with E-state index >= 15 is 0 Å². The molecule has 114 valence electrons. The highest BCUT2D eigenvalue weighted by Gasteiger charge is 2.33. The molecule has 0 spiro atoms. The molecule has 1 aromatic rings. The van der Waals surface area contributed by atoms with Crippen molar-refractivity contribution >= 4 is 11.3 Å². The standard InChI is InChI=1S/C18H31NS/c1-13(2)14-6-7-15(11-19-18(3,4)5)17(10-14)16-8-9-20-12-16/h8-9,12-15,17,19H,6-7,10-11H2,1-5H3. The van der Waals surface area contributed by atoms with Gasteiger partial charge >= 0.3 is 0 Å². The zero-order valence-electron chi connectivity index (χ0n) is 13.8. The molecule has 1 saturated carbocycles. The van der Waals surface area contributed by atoms with Crippen LogP contribution in [0, 0.1) is 17.8 Å². The average Bonchev–Trinajstić information content (AvgIpc) is 2.88. The smallest absolute Gasteiger partial charge is 0.00966 e. The van der Waals surface area contributed by atoms with E-state index in [0.717, 1.165) is 30.2 Å². The quantitative estimate of drug-likeness (QED) is 0.795. The molecule has 0 amide bonds. The maximum atomic E-state index is 3.73. The summed E-state index contributed by atoms with van der Waals surface area (Å²) in [5.41, 5.74) is 1.81. The van der Waals surface area contributed by atoms with Gasteiger partial charge in [0.1, 0.15) is 0 Å². The van der Waals surface area contributed by atoms with Crippen molar-refractivity contribution in [1.29, 1.82) is 0 Å². The number of rotatable bonds is 4. The van der Waals surface area contributed by atoms with Crippen LogP contribution < -0.4 is 5.32 Å². The Hall–Kier alpha value is -0.340. The number of hydrogen-bond donors (Lipinski definition) is 1. The summed E-state index contributed by atoms with van der Waals surface area (Å²) in [4.78, 5) is 0. The van der Waals surface area contributed by atoms with Gasteiger partial charge < -0.3 is 5.32 Å². The Labute approximate surface area is 129 Å². The highest BCUT2D eigenvalue weighted by molar-refractivity contribution is 7.07. The molecule has 0 saturated heterocycles. The molecule has 0 aliphatic heterocycles. The lowest BCUT2D eigenvalue weighted by Crippen LogP contribution is -2.42. The van der Waals surface area contributed by atoms with Crippen molar-refractivity contribution in [2.45, 2.75) is 65.3 Å². The summed E-state index contributed by atoms with van der Waals surface area (Å²) in [5.74, 6) is 3.30. The third kappa shape index (κ3) is 4.33. The molecule has 3 atom stereocenters. The zero-order chi connectivity index (χ0) is 14.8. The van der Waals surface area contributed by atoms with Gasteiger partial charge in [0.2, 0.25) is 0 Å². The first-order valence-electron chi connectivity index (χ1n) is 8.14. The van der Waals surface area contributed by atoms with Gasteiger partial charge in [-0.15, -0.1) is 0 Å². The highest BCUT2D eigenvalue weighted by Crippen LogP contribution is 2.43. The van der Waals surface area contributed by atoms with E-state index < -0.39 is 0 Å². The molecule has 1 N–H and O–H groups in total. The van der Waals surface area contributed by atoms with Crippen LogP contribution in [0.5, 0.6) is 0 Å². The van der Waals surface area contributed by atoms with Crippen molar-refractivity contribution in [2.24, 2.45) is 17.8 Å². The molecule has 20 heavy (non-hydrogen) atoms. The van der Waals surface area contributed by atoms with E-state index in [1.807, 2.05) is 11.3 Å². The number of thiophene rings is 1. The number of hydrogen-bond acceptors (Lipinski definition) is 2. The van der Waals surface area contributed by atoms with Crippen molar-refractivity contribution in [3.05, 3.63) is 22.4 Å². The molecule has 2 rings (SSSR count). The topological polar surface area (TPSA) is 12.0 Å². The molecule has 3 unspecified atom stereocenters. The molecule has 1 aliphatic carbocycles. The fourth-order valence-corrected chi connectivity index (χ4v) is 4.17. The molecule has 1 aliphatic rings. The lowest BCUT2D eigenvalue weighted by Gasteiger charge is -2.39. The maximum absolute atomic E-state index is 3.73. The van der Waals surface area contributed by atoms with E-state index in [1.54, 1.807) is 5.56 Å². The van der Waals surface area contributed by atoms with Crippen LogP contribution in [0.3, 0.4) is 0 Å². The molecule has 1 nitrogen and oxygen atoms in total. The molecule has 1 fully saturated rings. The summed E-state index contributed by atoms with van der Waals surface area (Å²) < 4.78 is 0. The van der Waals surface area contributed by atoms with Crippen molar-refractivity contribution < 1.29 is 0 Å². The van der Waals surface area contributed by atoms with Crippen molar-refractivity contribution in [1.82, 2.24) is 5.32 Å². The lowest BCUT2D eigenvalue weighted by molar-refractivity contribution is 0.183.